The van der Waals surface area contributed by atoms with Crippen LogP contribution in [0.1, 0.15) is 26.7 Å². The van der Waals surface area contributed by atoms with E-state index in [2.05, 4.69) is 48.5 Å². The number of hydrogen-bond donors (Lipinski definition) is 0. The minimum Gasteiger partial charge on any atom is -0.243 e. The highest BCUT2D eigenvalue weighted by Gasteiger charge is 2.27. The number of rotatable bonds is 3. The molecule has 0 aromatic heterocycles. The summed E-state index contributed by atoms with van der Waals surface area (Å²) in [4.78, 5) is 1.37. The van der Waals surface area contributed by atoms with Gasteiger partial charge in [-0.25, -0.2) is 4.31 Å². The highest BCUT2D eigenvalue weighted by molar-refractivity contribution is 7.97. The molecule has 1 fully saturated rings. The van der Waals surface area contributed by atoms with E-state index in [1.54, 1.807) is 0 Å². The van der Waals surface area contributed by atoms with Crippen molar-refractivity contribution < 1.29 is 0 Å². The molecule has 0 bridgehead atoms. The first kappa shape index (κ1) is 11.0. The molecule has 0 amide bonds. The van der Waals surface area contributed by atoms with Gasteiger partial charge in [-0.15, -0.1) is 0 Å². The molecule has 1 heterocycles. The topological polar surface area (TPSA) is 3.24 Å². The summed E-state index contributed by atoms with van der Waals surface area (Å²) in [6, 6.07) is 11.5. The largest absolute Gasteiger partial charge is 0.243 e. The second-order valence-electron chi connectivity index (χ2n) is 4.50. The number of nitrogens with zero attached hydrogens (tertiary/aromatic N) is 1. The molecule has 1 unspecified atom stereocenters. The summed E-state index contributed by atoms with van der Waals surface area (Å²) in [5, 5.41) is 0. The van der Waals surface area contributed by atoms with Crippen LogP contribution in [0.25, 0.3) is 0 Å². The molecule has 1 aliphatic rings. The molecule has 0 spiro atoms. The van der Waals surface area contributed by atoms with Gasteiger partial charge in [-0.2, -0.15) is 0 Å². The monoisotopic (exact) mass is 221 g/mol. The molecule has 0 N–H and O–H groups in total. The molecular weight excluding hydrogens is 202 g/mol. The average Bonchev–Trinajstić information content (AvgIpc) is 2.67. The van der Waals surface area contributed by atoms with Gasteiger partial charge in [0.25, 0.3) is 0 Å². The van der Waals surface area contributed by atoms with Crippen LogP contribution in [0.5, 0.6) is 0 Å². The van der Waals surface area contributed by atoms with Crippen LogP contribution in [-0.2, 0) is 0 Å². The van der Waals surface area contributed by atoms with Crippen LogP contribution >= 0.6 is 11.9 Å². The fraction of sp³-hybridized carbons (Fsp3) is 0.538. The molecule has 1 aliphatic heterocycles. The number of hydrogen-bond acceptors (Lipinski definition) is 2. The standard InChI is InChI=1S/C13H19NS/c1-11(2)13-9-6-10-14(13)15-12-7-4-3-5-8-12/h3-5,7-8,11,13H,6,9-10H2,1-2H3. The van der Waals surface area contributed by atoms with Crippen LogP contribution in [0.4, 0.5) is 0 Å². The van der Waals surface area contributed by atoms with Crippen molar-refractivity contribution in [1.29, 1.82) is 0 Å². The molecule has 0 aliphatic carbocycles. The van der Waals surface area contributed by atoms with Gasteiger partial charge in [0.15, 0.2) is 0 Å². The summed E-state index contributed by atoms with van der Waals surface area (Å²) in [5.74, 6) is 0.767. The molecule has 1 nitrogen and oxygen atoms in total. The van der Waals surface area contributed by atoms with Crippen LogP contribution < -0.4 is 0 Å². The SMILES string of the molecule is CC(C)C1CCCN1Sc1ccccc1. The molecule has 1 atom stereocenters. The fourth-order valence-corrected chi connectivity index (χ4v) is 3.42. The Balaban J connectivity index is 2.00. The lowest BCUT2D eigenvalue weighted by atomic mass is 10.0. The normalized spacial score (nSPS) is 22.5. The van der Waals surface area contributed by atoms with E-state index >= 15 is 0 Å². The minimum absolute atomic E-state index is 0.759. The Morgan fingerprint density at radius 1 is 1.27 bits per heavy atom. The van der Waals surface area contributed by atoms with E-state index in [-0.39, 0.29) is 0 Å². The van der Waals surface area contributed by atoms with Crippen molar-refractivity contribution in [2.75, 3.05) is 6.54 Å². The Labute approximate surface area is 97.0 Å². The predicted molar refractivity (Wildman–Crippen MR) is 66.9 cm³/mol. The Bertz CT molecular complexity index is 297. The van der Waals surface area contributed by atoms with Crippen molar-refractivity contribution in [1.82, 2.24) is 4.31 Å². The lowest BCUT2D eigenvalue weighted by molar-refractivity contribution is 0.342. The van der Waals surface area contributed by atoms with Crippen molar-refractivity contribution in [3.8, 4) is 0 Å². The van der Waals surface area contributed by atoms with E-state index in [4.69, 9.17) is 0 Å². The molecule has 2 heteroatoms. The fourth-order valence-electron chi connectivity index (χ4n) is 2.16. The first-order chi connectivity index (χ1) is 7.27. The lowest BCUT2D eigenvalue weighted by Gasteiger charge is -2.26. The maximum Gasteiger partial charge on any atom is 0.0230 e. The summed E-state index contributed by atoms with van der Waals surface area (Å²) < 4.78 is 2.56. The summed E-state index contributed by atoms with van der Waals surface area (Å²) >= 11 is 1.92. The van der Waals surface area contributed by atoms with Crippen LogP contribution in [0.3, 0.4) is 0 Å². The van der Waals surface area contributed by atoms with Gasteiger partial charge >= 0.3 is 0 Å². The highest BCUT2D eigenvalue weighted by Crippen LogP contribution is 2.33. The van der Waals surface area contributed by atoms with Gasteiger partial charge in [-0.3, -0.25) is 0 Å². The minimum atomic E-state index is 0.759. The molecule has 15 heavy (non-hydrogen) atoms. The van der Waals surface area contributed by atoms with E-state index in [9.17, 15) is 0 Å². The van der Waals surface area contributed by atoms with E-state index in [1.165, 1.54) is 24.3 Å². The Hall–Kier alpha value is -0.470. The Morgan fingerprint density at radius 2 is 2.00 bits per heavy atom. The maximum atomic E-state index is 2.56. The van der Waals surface area contributed by atoms with Crippen LogP contribution in [0, 0.1) is 5.92 Å². The molecule has 1 saturated heterocycles. The van der Waals surface area contributed by atoms with E-state index in [1.807, 2.05) is 11.9 Å². The summed E-state index contributed by atoms with van der Waals surface area (Å²) in [6.45, 7) is 5.89. The first-order valence-electron chi connectivity index (χ1n) is 5.77. The van der Waals surface area contributed by atoms with Gasteiger partial charge in [0.05, 0.1) is 0 Å². The molecule has 1 aromatic rings. The quantitative estimate of drug-likeness (QED) is 0.714. The van der Waals surface area contributed by atoms with Crippen molar-refractivity contribution in [3.63, 3.8) is 0 Å². The summed E-state index contributed by atoms with van der Waals surface area (Å²) in [5.41, 5.74) is 0. The zero-order valence-electron chi connectivity index (χ0n) is 9.52. The highest BCUT2D eigenvalue weighted by atomic mass is 32.2. The predicted octanol–water partition coefficient (Wildman–Crippen LogP) is 3.81. The van der Waals surface area contributed by atoms with Gasteiger partial charge in [-0.1, -0.05) is 32.0 Å². The Morgan fingerprint density at radius 3 is 2.67 bits per heavy atom. The molecule has 0 saturated carbocycles. The van der Waals surface area contributed by atoms with Crippen molar-refractivity contribution in [2.24, 2.45) is 5.92 Å². The van der Waals surface area contributed by atoms with E-state index in [0.717, 1.165) is 12.0 Å². The zero-order valence-corrected chi connectivity index (χ0v) is 10.3. The van der Waals surface area contributed by atoms with E-state index < -0.39 is 0 Å². The van der Waals surface area contributed by atoms with Crippen LogP contribution in [0.2, 0.25) is 0 Å². The smallest absolute Gasteiger partial charge is 0.0230 e. The zero-order chi connectivity index (χ0) is 10.7. The lowest BCUT2D eigenvalue weighted by Crippen LogP contribution is -2.27. The molecule has 82 valence electrons. The van der Waals surface area contributed by atoms with Gasteiger partial charge < -0.3 is 0 Å². The third kappa shape index (κ3) is 2.76. The second kappa shape index (κ2) is 5.04. The molecule has 2 rings (SSSR count). The van der Waals surface area contributed by atoms with Crippen LogP contribution in [-0.4, -0.2) is 16.9 Å². The van der Waals surface area contributed by atoms with E-state index in [0.29, 0.717) is 0 Å². The molecule has 1 aromatic carbocycles. The van der Waals surface area contributed by atoms with Crippen molar-refractivity contribution >= 4 is 11.9 Å². The third-order valence-corrected chi connectivity index (χ3v) is 4.15. The second-order valence-corrected chi connectivity index (χ2v) is 5.62. The molecule has 0 radical (unpaired) electrons. The molecular formula is C13H19NS. The van der Waals surface area contributed by atoms with Gasteiger partial charge in [0, 0.05) is 17.5 Å². The number of benzene rings is 1. The average molecular weight is 221 g/mol. The summed E-state index contributed by atoms with van der Waals surface area (Å²) in [6.07, 6.45) is 2.71. The van der Waals surface area contributed by atoms with Crippen LogP contribution in [0.15, 0.2) is 35.2 Å². The first-order valence-corrected chi connectivity index (χ1v) is 6.54. The Kier molecular flexibility index (Phi) is 3.71. The maximum absolute atomic E-state index is 2.56. The van der Waals surface area contributed by atoms with Crippen molar-refractivity contribution in [2.45, 2.75) is 37.6 Å². The summed E-state index contributed by atoms with van der Waals surface area (Å²) in [7, 11) is 0. The van der Waals surface area contributed by atoms with Gasteiger partial charge in [0.1, 0.15) is 0 Å². The van der Waals surface area contributed by atoms with Gasteiger partial charge in [-0.05, 0) is 42.8 Å². The van der Waals surface area contributed by atoms with Crippen molar-refractivity contribution in [3.05, 3.63) is 30.3 Å². The third-order valence-electron chi connectivity index (χ3n) is 2.98. The van der Waals surface area contributed by atoms with Gasteiger partial charge in [0.2, 0.25) is 0 Å².